The summed E-state index contributed by atoms with van der Waals surface area (Å²) in [7, 11) is 0. The number of carbonyl (C=O) groups is 1. The van der Waals surface area contributed by atoms with Crippen molar-refractivity contribution in [3.8, 4) is 0 Å². The van der Waals surface area contributed by atoms with Crippen LogP contribution in [0.25, 0.3) is 9.78 Å². The molecule has 0 atom stereocenters. The number of aromatic amines is 1. The molecule has 0 unspecified atom stereocenters. The van der Waals surface area contributed by atoms with Crippen LogP contribution in [0.3, 0.4) is 0 Å². The Kier molecular flexibility index (Phi) is 1.56. The molecule has 2 aromatic rings. The summed E-state index contributed by atoms with van der Waals surface area (Å²) in [6.45, 7) is 0. The normalized spacial score (nSPS) is 10.8. The minimum atomic E-state index is -1.24. The summed E-state index contributed by atoms with van der Waals surface area (Å²) in [6, 6.07) is 1.71. The van der Waals surface area contributed by atoms with Gasteiger partial charge in [0.25, 0.3) is 0 Å². The van der Waals surface area contributed by atoms with E-state index in [0.717, 1.165) is 0 Å². The van der Waals surface area contributed by atoms with Gasteiger partial charge in [-0.3, -0.25) is 0 Å². The maximum atomic E-state index is 13.1. The van der Waals surface area contributed by atoms with Gasteiger partial charge in [-0.2, -0.15) is 0 Å². The molecule has 0 fully saturated rings. The van der Waals surface area contributed by atoms with Gasteiger partial charge in [-0.05, 0) is 0 Å². The molecular weight excluding hydrogens is 228 g/mol. The molecule has 0 aliphatic heterocycles. The van der Waals surface area contributed by atoms with Crippen LogP contribution in [-0.2, 0) is 0 Å². The van der Waals surface area contributed by atoms with Gasteiger partial charge >= 0.3 is 72.0 Å². The zero-order chi connectivity index (χ0) is 8.72. The van der Waals surface area contributed by atoms with Gasteiger partial charge in [-0.25, -0.2) is 0 Å². The second-order valence-corrected chi connectivity index (χ2v) is 4.20. The predicted molar refractivity (Wildman–Crippen MR) is 42.2 cm³/mol. The Morgan fingerprint density at radius 2 is 2.42 bits per heavy atom. The Morgan fingerprint density at radius 3 is 3.00 bits per heavy atom. The van der Waals surface area contributed by atoms with Crippen molar-refractivity contribution in [3.05, 3.63) is 22.5 Å². The molecule has 3 nitrogen and oxygen atoms in total. The predicted octanol–water partition coefficient (Wildman–Crippen LogP) is 1.06. The third-order valence-electron chi connectivity index (χ3n) is 1.56. The van der Waals surface area contributed by atoms with Crippen molar-refractivity contribution in [1.82, 2.24) is 4.98 Å². The maximum absolute atomic E-state index is 13.1. The molecule has 5 heteroatoms. The summed E-state index contributed by atoms with van der Waals surface area (Å²) in [4.78, 5) is 14.8. The molecule has 12 heavy (non-hydrogen) atoms. The third-order valence-corrected chi connectivity index (χ3v) is 3.46. The number of H-pyrrole nitrogens is 1. The average Bonchev–Trinajstić information content (AvgIpc) is 2.53. The van der Waals surface area contributed by atoms with Crippen LogP contribution in [0.4, 0.5) is 4.39 Å². The summed E-state index contributed by atoms with van der Waals surface area (Å²) >= 11 is -0.0520. The van der Waals surface area contributed by atoms with Crippen LogP contribution in [0.5, 0.6) is 0 Å². The molecule has 2 heterocycles. The van der Waals surface area contributed by atoms with Gasteiger partial charge in [-0.1, -0.05) is 0 Å². The van der Waals surface area contributed by atoms with Gasteiger partial charge in [0, 0.05) is 0 Å². The van der Waals surface area contributed by atoms with Crippen LogP contribution < -0.4 is 0 Å². The average molecular weight is 232 g/mol. The van der Waals surface area contributed by atoms with Gasteiger partial charge in [-0.15, -0.1) is 0 Å². The Hall–Kier alpha value is -1.06. The number of carboxylic acid groups (broad SMARTS) is 1. The molecule has 2 N–H and O–H groups in total. The van der Waals surface area contributed by atoms with Crippen molar-refractivity contribution in [1.29, 1.82) is 0 Å². The number of aromatic nitrogens is 1. The number of hydrogen-bond donors (Lipinski definition) is 2. The van der Waals surface area contributed by atoms with Gasteiger partial charge in [0.05, 0.1) is 0 Å². The van der Waals surface area contributed by atoms with E-state index in [1.165, 1.54) is 0 Å². The SMILES string of the molecule is O=C(O)c1[nH]c2cc[se]c2c1F. The Balaban J connectivity index is 2.78. The van der Waals surface area contributed by atoms with Gasteiger partial charge in [0.1, 0.15) is 0 Å². The van der Waals surface area contributed by atoms with E-state index in [0.29, 0.717) is 9.78 Å². The molecule has 0 aliphatic rings. The van der Waals surface area contributed by atoms with Crippen LogP contribution in [0.15, 0.2) is 11.0 Å². The van der Waals surface area contributed by atoms with Gasteiger partial charge < -0.3 is 0 Å². The molecule has 2 aromatic heterocycles. The van der Waals surface area contributed by atoms with Crippen LogP contribution in [-0.4, -0.2) is 30.6 Å². The fourth-order valence-electron chi connectivity index (χ4n) is 1.03. The minimum absolute atomic E-state index is 0.0520. The van der Waals surface area contributed by atoms with E-state index in [1.54, 1.807) is 6.07 Å². The van der Waals surface area contributed by atoms with Crippen molar-refractivity contribution in [2.24, 2.45) is 0 Å². The number of halogens is 1. The monoisotopic (exact) mass is 233 g/mol. The quantitative estimate of drug-likeness (QED) is 0.722. The Labute approximate surface area is 72.6 Å². The van der Waals surface area contributed by atoms with Gasteiger partial charge in [0.15, 0.2) is 0 Å². The first kappa shape index (κ1) is 7.58. The number of hydrogen-bond acceptors (Lipinski definition) is 1. The summed E-state index contributed by atoms with van der Waals surface area (Å²) in [5.41, 5.74) is 0.274. The van der Waals surface area contributed by atoms with E-state index in [-0.39, 0.29) is 20.2 Å². The van der Waals surface area contributed by atoms with E-state index < -0.39 is 11.8 Å². The molecule has 0 saturated heterocycles. The number of nitrogens with one attached hydrogen (secondary N) is 1. The van der Waals surface area contributed by atoms with E-state index in [1.807, 2.05) is 4.94 Å². The molecule has 0 amide bonds. The van der Waals surface area contributed by atoms with Crippen molar-refractivity contribution in [2.75, 3.05) is 0 Å². The summed E-state index contributed by atoms with van der Waals surface area (Å²) < 4.78 is 13.7. The van der Waals surface area contributed by atoms with E-state index in [2.05, 4.69) is 4.98 Å². The summed E-state index contributed by atoms with van der Waals surface area (Å²) in [5, 5.41) is 8.53. The number of carboxylic acids is 1. The van der Waals surface area contributed by atoms with E-state index >= 15 is 0 Å². The molecule has 0 aliphatic carbocycles. The molecule has 0 saturated carbocycles. The van der Waals surface area contributed by atoms with E-state index in [9.17, 15) is 9.18 Å². The van der Waals surface area contributed by atoms with Crippen molar-refractivity contribution in [3.63, 3.8) is 0 Å². The molecule has 0 spiro atoms. The number of aromatic carboxylic acids is 1. The zero-order valence-corrected chi connectivity index (χ0v) is 7.51. The summed E-state index contributed by atoms with van der Waals surface area (Å²) in [6.07, 6.45) is 0. The molecule has 0 aromatic carbocycles. The summed E-state index contributed by atoms with van der Waals surface area (Å²) in [5.74, 6) is -1.85. The van der Waals surface area contributed by atoms with Crippen LogP contribution in [0, 0.1) is 5.82 Å². The molecule has 62 valence electrons. The first-order chi connectivity index (χ1) is 5.70. The Bertz CT molecular complexity index is 445. The molecule has 2 rings (SSSR count). The number of fused-ring (bicyclic) bond motifs is 1. The molecule has 0 radical (unpaired) electrons. The third kappa shape index (κ3) is 0.906. The van der Waals surface area contributed by atoms with E-state index in [4.69, 9.17) is 5.11 Å². The fourth-order valence-corrected chi connectivity index (χ4v) is 2.69. The van der Waals surface area contributed by atoms with Crippen LogP contribution >= 0.6 is 0 Å². The topological polar surface area (TPSA) is 53.1 Å². The van der Waals surface area contributed by atoms with Crippen molar-refractivity contribution in [2.45, 2.75) is 0 Å². The Morgan fingerprint density at radius 1 is 1.67 bits per heavy atom. The number of rotatable bonds is 1. The zero-order valence-electron chi connectivity index (χ0n) is 5.80. The standard InChI is InChI=1S/C7H4FNO2Se/c8-4-5(7(10)11)9-3-1-2-12-6(3)4/h1-2,9H,(H,10,11). The van der Waals surface area contributed by atoms with Crippen LogP contribution in [0.1, 0.15) is 10.5 Å². The first-order valence-electron chi connectivity index (χ1n) is 3.18. The molecular formula is C7H4FNO2Se. The fraction of sp³-hybridized carbons (Fsp3) is 0. The van der Waals surface area contributed by atoms with Crippen LogP contribution in [0.2, 0.25) is 0 Å². The second kappa shape index (κ2) is 2.47. The first-order valence-corrected chi connectivity index (χ1v) is 5.02. The van der Waals surface area contributed by atoms with Crippen molar-refractivity contribution < 1.29 is 14.3 Å². The van der Waals surface area contributed by atoms with Crippen molar-refractivity contribution >= 4 is 30.2 Å². The second-order valence-electron chi connectivity index (χ2n) is 2.28. The molecule has 0 bridgehead atoms. The van der Waals surface area contributed by atoms with Gasteiger partial charge in [0.2, 0.25) is 0 Å².